The van der Waals surface area contributed by atoms with E-state index < -0.39 is 0 Å². The summed E-state index contributed by atoms with van der Waals surface area (Å²) in [5.41, 5.74) is 2.26. The largest absolute Gasteiger partial charge is 0.380 e. The molecule has 6 rings (SSSR count). The van der Waals surface area contributed by atoms with Gasteiger partial charge >= 0.3 is 0 Å². The zero-order valence-electron chi connectivity index (χ0n) is 19.6. The quantitative estimate of drug-likeness (QED) is 0.563. The Kier molecular flexibility index (Phi) is 6.15. The zero-order valence-corrected chi connectivity index (χ0v) is 20.4. The Labute approximate surface area is 204 Å². The first-order valence-corrected chi connectivity index (χ1v) is 12.7. The second-order valence-electron chi connectivity index (χ2n) is 9.55. The number of halogens is 1. The molecule has 0 amide bonds. The second kappa shape index (κ2) is 9.41. The lowest BCUT2D eigenvalue weighted by atomic mass is 9.88. The maximum absolute atomic E-state index is 6.79. The molecule has 3 saturated heterocycles. The summed E-state index contributed by atoms with van der Waals surface area (Å²) in [7, 11) is 0. The number of hydrogen-bond donors (Lipinski definition) is 0. The molecule has 1 unspecified atom stereocenters. The fourth-order valence-electron chi connectivity index (χ4n) is 5.54. The van der Waals surface area contributed by atoms with Crippen LogP contribution in [0.3, 0.4) is 0 Å². The fraction of sp³-hybridized carbons (Fsp3) is 0.560. The highest BCUT2D eigenvalue weighted by atomic mass is 35.5. The Hall–Kier alpha value is -2.26. The number of benzene rings is 1. The van der Waals surface area contributed by atoms with E-state index in [4.69, 9.17) is 26.1 Å². The maximum atomic E-state index is 6.79. The smallest absolute Gasteiger partial charge is 0.159 e. The van der Waals surface area contributed by atoms with E-state index in [1.807, 2.05) is 23.9 Å². The van der Waals surface area contributed by atoms with Crippen molar-refractivity contribution >= 4 is 28.3 Å². The monoisotopic (exact) mass is 482 g/mol. The SMILES string of the molecule is Cc1nc(N2CCOCC2)cc(-n2ncc3cc(Cl)c(C4CCN(C5CCOC5)CC4)cc32)n1. The van der Waals surface area contributed by atoms with Crippen molar-refractivity contribution in [2.75, 3.05) is 57.5 Å². The zero-order chi connectivity index (χ0) is 23.1. The molecule has 9 heteroatoms. The molecule has 1 atom stereocenters. The minimum atomic E-state index is 0.454. The Balaban J connectivity index is 1.29. The van der Waals surface area contributed by atoms with Crippen molar-refractivity contribution < 1.29 is 9.47 Å². The Morgan fingerprint density at radius 1 is 0.912 bits per heavy atom. The lowest BCUT2D eigenvalue weighted by molar-refractivity contribution is 0.122. The van der Waals surface area contributed by atoms with Crippen molar-refractivity contribution in [2.45, 2.75) is 38.1 Å². The number of nitrogens with zero attached hydrogens (tertiary/aromatic N) is 6. The van der Waals surface area contributed by atoms with E-state index >= 15 is 0 Å². The van der Waals surface area contributed by atoms with Crippen LogP contribution in [0.4, 0.5) is 5.82 Å². The molecule has 5 heterocycles. The van der Waals surface area contributed by atoms with Crippen molar-refractivity contribution in [1.82, 2.24) is 24.6 Å². The van der Waals surface area contributed by atoms with Gasteiger partial charge in [-0.3, -0.25) is 4.90 Å². The predicted molar refractivity (Wildman–Crippen MR) is 132 cm³/mol. The van der Waals surface area contributed by atoms with Gasteiger partial charge in [0, 0.05) is 42.2 Å². The number of piperidine rings is 1. The molecule has 3 aromatic rings. The van der Waals surface area contributed by atoms with Crippen molar-refractivity contribution in [1.29, 1.82) is 0 Å². The molecular weight excluding hydrogens is 452 g/mol. The first kappa shape index (κ1) is 22.2. The summed E-state index contributed by atoms with van der Waals surface area (Å²) in [5, 5.41) is 6.55. The molecule has 0 spiro atoms. The topological polar surface area (TPSA) is 68.5 Å². The van der Waals surface area contributed by atoms with Gasteiger partial charge in [0.05, 0.1) is 31.5 Å². The van der Waals surface area contributed by atoms with Gasteiger partial charge in [0.15, 0.2) is 5.82 Å². The van der Waals surface area contributed by atoms with Gasteiger partial charge in [-0.05, 0) is 62.9 Å². The van der Waals surface area contributed by atoms with Gasteiger partial charge in [-0.1, -0.05) is 11.6 Å². The highest BCUT2D eigenvalue weighted by Gasteiger charge is 2.29. The maximum Gasteiger partial charge on any atom is 0.159 e. The third-order valence-electron chi connectivity index (χ3n) is 7.44. The summed E-state index contributed by atoms with van der Waals surface area (Å²) in [6.07, 6.45) is 5.26. The molecule has 0 aliphatic carbocycles. The number of rotatable bonds is 4. The van der Waals surface area contributed by atoms with Gasteiger partial charge in [-0.15, -0.1) is 0 Å². The molecule has 2 aromatic heterocycles. The summed E-state index contributed by atoms with van der Waals surface area (Å²) in [6.45, 7) is 9.01. The average molecular weight is 483 g/mol. The number of fused-ring (bicyclic) bond motifs is 1. The van der Waals surface area contributed by atoms with Gasteiger partial charge in [0.2, 0.25) is 0 Å². The van der Waals surface area contributed by atoms with Gasteiger partial charge in [0.25, 0.3) is 0 Å². The number of aromatic nitrogens is 4. The summed E-state index contributed by atoms with van der Waals surface area (Å²) in [5.74, 6) is 2.90. The van der Waals surface area contributed by atoms with Gasteiger partial charge in [0.1, 0.15) is 11.6 Å². The molecule has 8 nitrogen and oxygen atoms in total. The van der Waals surface area contributed by atoms with Crippen molar-refractivity contribution in [3.63, 3.8) is 0 Å². The van der Waals surface area contributed by atoms with E-state index in [9.17, 15) is 0 Å². The first-order valence-electron chi connectivity index (χ1n) is 12.3. The van der Waals surface area contributed by atoms with Crippen LogP contribution in [-0.2, 0) is 9.47 Å². The molecular formula is C25H31ClN6O2. The standard InChI is InChI=1S/C25H31ClN6O2/c1-17-28-24(31-7-10-33-11-8-31)14-25(29-17)32-23-13-21(22(26)12-19(23)15-27-32)18-2-5-30(6-3-18)20-4-9-34-16-20/h12-15,18,20H,2-11,16H2,1H3. The molecule has 0 bridgehead atoms. The molecule has 180 valence electrons. The highest BCUT2D eigenvalue weighted by Crippen LogP contribution is 2.37. The number of hydrogen-bond acceptors (Lipinski definition) is 7. The normalized spacial score (nSPS) is 22.6. The number of morpholine rings is 1. The minimum absolute atomic E-state index is 0.454. The van der Waals surface area contributed by atoms with E-state index in [1.54, 1.807) is 0 Å². The number of ether oxygens (including phenoxy) is 2. The fourth-order valence-corrected chi connectivity index (χ4v) is 5.87. The van der Waals surface area contributed by atoms with Crippen LogP contribution in [0.1, 0.15) is 36.6 Å². The van der Waals surface area contributed by atoms with E-state index in [0.29, 0.717) is 12.0 Å². The molecule has 0 saturated carbocycles. The Morgan fingerprint density at radius 3 is 2.47 bits per heavy atom. The predicted octanol–water partition coefficient (Wildman–Crippen LogP) is 3.58. The molecule has 1 aromatic carbocycles. The molecule has 34 heavy (non-hydrogen) atoms. The lowest BCUT2D eigenvalue weighted by Crippen LogP contribution is -2.41. The summed E-state index contributed by atoms with van der Waals surface area (Å²) >= 11 is 6.79. The molecule has 3 fully saturated rings. The lowest BCUT2D eigenvalue weighted by Gasteiger charge is -2.35. The van der Waals surface area contributed by atoms with Crippen molar-refractivity contribution in [3.8, 4) is 5.82 Å². The van der Waals surface area contributed by atoms with Crippen LogP contribution in [-0.4, -0.2) is 83.3 Å². The van der Waals surface area contributed by atoms with Crippen LogP contribution in [0.5, 0.6) is 0 Å². The van der Waals surface area contributed by atoms with Gasteiger partial charge in [-0.25, -0.2) is 14.6 Å². The van der Waals surface area contributed by atoms with E-state index in [0.717, 1.165) is 105 Å². The van der Waals surface area contributed by atoms with Crippen LogP contribution < -0.4 is 4.90 Å². The van der Waals surface area contributed by atoms with Crippen LogP contribution in [0.2, 0.25) is 5.02 Å². The van der Waals surface area contributed by atoms with Crippen molar-refractivity contribution in [3.05, 3.63) is 40.8 Å². The summed E-state index contributed by atoms with van der Waals surface area (Å²) in [4.78, 5) is 14.2. The molecule has 0 radical (unpaired) electrons. The van der Waals surface area contributed by atoms with Crippen LogP contribution in [0.15, 0.2) is 24.4 Å². The molecule has 3 aliphatic heterocycles. The minimum Gasteiger partial charge on any atom is -0.380 e. The Morgan fingerprint density at radius 2 is 1.71 bits per heavy atom. The second-order valence-corrected chi connectivity index (χ2v) is 9.95. The highest BCUT2D eigenvalue weighted by molar-refractivity contribution is 6.32. The van der Waals surface area contributed by atoms with E-state index in [2.05, 4.69) is 32.0 Å². The number of likely N-dealkylation sites (tertiary alicyclic amines) is 1. The van der Waals surface area contributed by atoms with E-state index in [-0.39, 0.29) is 0 Å². The molecule has 0 N–H and O–H groups in total. The number of aryl methyl sites for hydroxylation is 1. The third-order valence-corrected chi connectivity index (χ3v) is 7.77. The summed E-state index contributed by atoms with van der Waals surface area (Å²) in [6, 6.07) is 6.91. The molecule has 3 aliphatic rings. The average Bonchev–Trinajstić information content (AvgIpc) is 3.54. The van der Waals surface area contributed by atoms with Gasteiger partial charge < -0.3 is 14.4 Å². The van der Waals surface area contributed by atoms with E-state index in [1.165, 1.54) is 5.56 Å². The van der Waals surface area contributed by atoms with Crippen LogP contribution >= 0.6 is 11.6 Å². The van der Waals surface area contributed by atoms with Crippen molar-refractivity contribution in [2.24, 2.45) is 0 Å². The van der Waals surface area contributed by atoms with Crippen LogP contribution in [0, 0.1) is 6.92 Å². The Bertz CT molecular complexity index is 1160. The van der Waals surface area contributed by atoms with Crippen LogP contribution in [0.25, 0.3) is 16.7 Å². The first-order chi connectivity index (χ1) is 16.7. The third kappa shape index (κ3) is 4.28. The number of anilines is 1. The summed E-state index contributed by atoms with van der Waals surface area (Å²) < 4.78 is 13.0. The van der Waals surface area contributed by atoms with Gasteiger partial charge in [-0.2, -0.15) is 5.10 Å².